The second-order valence-corrected chi connectivity index (χ2v) is 5.11. The highest BCUT2D eigenvalue weighted by Crippen LogP contribution is 2.37. The van der Waals surface area contributed by atoms with Crippen LogP contribution in [0.1, 0.15) is 10.4 Å². The Bertz CT molecular complexity index is 568. The first-order valence-electron chi connectivity index (χ1n) is 4.54. The van der Waals surface area contributed by atoms with E-state index in [-0.39, 0.29) is 16.1 Å². The Morgan fingerprint density at radius 3 is 2.83 bits per heavy atom. The number of nitro benzene ring substituents is 1. The molecule has 0 fully saturated rings. The summed E-state index contributed by atoms with van der Waals surface area (Å²) in [5.74, 6) is -1.22. The summed E-state index contributed by atoms with van der Waals surface area (Å²) in [6.07, 6.45) is 0. The van der Waals surface area contributed by atoms with E-state index in [0.29, 0.717) is 4.34 Å². The van der Waals surface area contributed by atoms with Crippen LogP contribution in [0.5, 0.6) is 0 Å². The van der Waals surface area contributed by atoms with Crippen LogP contribution in [-0.4, -0.2) is 26.2 Å². The molecule has 0 saturated carbocycles. The lowest BCUT2D eigenvalue weighted by atomic mass is 10.2. The second-order valence-electron chi connectivity index (χ2n) is 3.02. The first kappa shape index (κ1) is 12.5. The molecule has 1 heterocycles. The highest BCUT2D eigenvalue weighted by Gasteiger charge is 2.23. The Hall–Kier alpha value is -2.00. The van der Waals surface area contributed by atoms with Gasteiger partial charge in [-0.1, -0.05) is 17.4 Å². The summed E-state index contributed by atoms with van der Waals surface area (Å²) in [6, 6.07) is 3.92. The SMILES string of the molecule is O=C(O)c1cccc([N+](=O)[O-])c1Sc1nncs1. The number of hydrogen-bond acceptors (Lipinski definition) is 7. The lowest BCUT2D eigenvalue weighted by molar-refractivity contribution is -0.387. The topological polar surface area (TPSA) is 106 Å². The van der Waals surface area contributed by atoms with Crippen LogP contribution >= 0.6 is 23.1 Å². The minimum absolute atomic E-state index is 0.0618. The molecule has 1 aromatic heterocycles. The molecule has 1 N–H and O–H groups in total. The van der Waals surface area contributed by atoms with Crippen LogP contribution in [0.4, 0.5) is 5.69 Å². The number of aromatic carboxylic acids is 1. The Balaban J connectivity index is 2.53. The van der Waals surface area contributed by atoms with Crippen LogP contribution in [0, 0.1) is 10.1 Å². The number of rotatable bonds is 4. The van der Waals surface area contributed by atoms with Crippen molar-refractivity contribution in [2.24, 2.45) is 0 Å². The summed E-state index contributed by atoms with van der Waals surface area (Å²) in [4.78, 5) is 21.4. The number of nitro groups is 1. The maximum Gasteiger partial charge on any atom is 0.337 e. The van der Waals surface area contributed by atoms with E-state index in [0.717, 1.165) is 11.8 Å². The van der Waals surface area contributed by atoms with Gasteiger partial charge in [-0.2, -0.15) is 0 Å². The molecule has 0 saturated heterocycles. The summed E-state index contributed by atoms with van der Waals surface area (Å²) in [5.41, 5.74) is 1.09. The first-order valence-corrected chi connectivity index (χ1v) is 6.24. The Morgan fingerprint density at radius 1 is 1.50 bits per heavy atom. The highest BCUT2D eigenvalue weighted by molar-refractivity contribution is 8.01. The third-order valence-corrected chi connectivity index (χ3v) is 3.86. The van der Waals surface area contributed by atoms with Gasteiger partial charge < -0.3 is 5.11 Å². The standard InChI is InChI=1S/C9H5N3O4S2/c13-8(14)5-2-1-3-6(12(15)16)7(5)18-9-11-10-4-17-9/h1-4H,(H,13,14). The molecule has 2 rings (SSSR count). The number of aromatic nitrogens is 2. The van der Waals surface area contributed by atoms with Crippen molar-refractivity contribution in [2.45, 2.75) is 9.24 Å². The minimum atomic E-state index is -1.22. The molecule has 18 heavy (non-hydrogen) atoms. The van der Waals surface area contributed by atoms with E-state index in [1.807, 2.05) is 0 Å². The zero-order chi connectivity index (χ0) is 13.1. The zero-order valence-electron chi connectivity index (χ0n) is 8.64. The molecule has 0 aliphatic rings. The Labute approximate surface area is 109 Å². The van der Waals surface area contributed by atoms with Crippen LogP contribution in [-0.2, 0) is 0 Å². The monoisotopic (exact) mass is 283 g/mol. The third-order valence-electron chi connectivity index (χ3n) is 1.95. The van der Waals surface area contributed by atoms with Crippen LogP contribution in [0.3, 0.4) is 0 Å². The van der Waals surface area contributed by atoms with Gasteiger partial charge >= 0.3 is 5.97 Å². The molecule has 9 heteroatoms. The second kappa shape index (κ2) is 5.10. The summed E-state index contributed by atoms with van der Waals surface area (Å²) in [7, 11) is 0. The van der Waals surface area contributed by atoms with Crippen molar-refractivity contribution in [3.05, 3.63) is 39.4 Å². The summed E-state index contributed by atoms with van der Waals surface area (Å²) < 4.78 is 0.451. The molecule has 0 amide bonds. The predicted molar refractivity (Wildman–Crippen MR) is 64.1 cm³/mol. The smallest absolute Gasteiger partial charge is 0.337 e. The molecule has 0 bridgehead atoms. The predicted octanol–water partition coefficient (Wildman–Crippen LogP) is 2.30. The molecule has 0 spiro atoms. The van der Waals surface area contributed by atoms with Crippen LogP contribution in [0.25, 0.3) is 0 Å². The highest BCUT2D eigenvalue weighted by atomic mass is 32.2. The van der Waals surface area contributed by atoms with Gasteiger partial charge in [-0.25, -0.2) is 4.79 Å². The summed E-state index contributed by atoms with van der Waals surface area (Å²) >= 11 is 2.11. The van der Waals surface area contributed by atoms with Gasteiger partial charge in [-0.3, -0.25) is 10.1 Å². The summed E-state index contributed by atoms with van der Waals surface area (Å²) in [6.45, 7) is 0. The van der Waals surface area contributed by atoms with Gasteiger partial charge in [0.2, 0.25) is 0 Å². The van der Waals surface area contributed by atoms with Crippen molar-refractivity contribution in [2.75, 3.05) is 0 Å². The number of carbonyl (C=O) groups is 1. The van der Waals surface area contributed by atoms with Crippen LogP contribution in [0.2, 0.25) is 0 Å². The lowest BCUT2D eigenvalue weighted by Gasteiger charge is -2.03. The molecule has 0 unspecified atom stereocenters. The van der Waals surface area contributed by atoms with Gasteiger partial charge in [0, 0.05) is 6.07 Å². The Kier molecular flexibility index (Phi) is 3.53. The Morgan fingerprint density at radius 2 is 2.28 bits per heavy atom. The molecular formula is C9H5N3O4S2. The van der Waals surface area contributed by atoms with Crippen molar-refractivity contribution in [1.29, 1.82) is 0 Å². The fourth-order valence-corrected chi connectivity index (χ4v) is 2.86. The third kappa shape index (κ3) is 2.46. The maximum atomic E-state index is 11.1. The molecule has 0 aliphatic heterocycles. The quantitative estimate of drug-likeness (QED) is 0.677. The van der Waals surface area contributed by atoms with Crippen LogP contribution < -0.4 is 0 Å². The number of hydrogen-bond donors (Lipinski definition) is 1. The fourth-order valence-electron chi connectivity index (χ4n) is 1.24. The average molecular weight is 283 g/mol. The van der Waals surface area contributed by atoms with Crippen molar-refractivity contribution in [3.63, 3.8) is 0 Å². The van der Waals surface area contributed by atoms with Crippen molar-refractivity contribution < 1.29 is 14.8 Å². The lowest BCUT2D eigenvalue weighted by Crippen LogP contribution is -2.01. The van der Waals surface area contributed by atoms with E-state index in [9.17, 15) is 14.9 Å². The van der Waals surface area contributed by atoms with E-state index in [4.69, 9.17) is 5.11 Å². The number of carboxylic acids is 1. The van der Waals surface area contributed by atoms with E-state index in [2.05, 4.69) is 10.2 Å². The van der Waals surface area contributed by atoms with Gasteiger partial charge in [-0.05, 0) is 17.8 Å². The normalized spacial score (nSPS) is 10.2. The average Bonchev–Trinajstić information content (AvgIpc) is 2.81. The molecule has 0 radical (unpaired) electrons. The van der Waals surface area contributed by atoms with Crippen LogP contribution in [0.15, 0.2) is 32.9 Å². The number of benzene rings is 1. The summed E-state index contributed by atoms with van der Waals surface area (Å²) in [5, 5.41) is 27.2. The van der Waals surface area contributed by atoms with Crippen molar-refractivity contribution in [1.82, 2.24) is 10.2 Å². The molecule has 2 aromatic rings. The van der Waals surface area contributed by atoms with E-state index >= 15 is 0 Å². The maximum absolute atomic E-state index is 11.1. The molecule has 0 atom stereocenters. The van der Waals surface area contributed by atoms with Gasteiger partial charge in [0.1, 0.15) is 10.4 Å². The minimum Gasteiger partial charge on any atom is -0.478 e. The van der Waals surface area contributed by atoms with E-state index in [1.54, 1.807) is 0 Å². The van der Waals surface area contributed by atoms with Crippen molar-refractivity contribution >= 4 is 34.8 Å². The number of carboxylic acid groups (broad SMARTS) is 1. The van der Waals surface area contributed by atoms with Crippen molar-refractivity contribution in [3.8, 4) is 0 Å². The first-order chi connectivity index (χ1) is 8.59. The molecule has 7 nitrogen and oxygen atoms in total. The fraction of sp³-hybridized carbons (Fsp3) is 0. The van der Waals surface area contributed by atoms with Gasteiger partial charge in [0.05, 0.1) is 10.5 Å². The van der Waals surface area contributed by atoms with Gasteiger partial charge in [0.25, 0.3) is 5.69 Å². The molecule has 0 aliphatic carbocycles. The molecule has 1 aromatic carbocycles. The molecule has 92 valence electrons. The van der Waals surface area contributed by atoms with Gasteiger partial charge in [-0.15, -0.1) is 10.2 Å². The number of nitrogens with zero attached hydrogens (tertiary/aromatic N) is 3. The van der Waals surface area contributed by atoms with E-state index < -0.39 is 10.9 Å². The largest absolute Gasteiger partial charge is 0.478 e. The van der Waals surface area contributed by atoms with E-state index in [1.165, 1.54) is 35.0 Å². The van der Waals surface area contributed by atoms with Gasteiger partial charge in [0.15, 0.2) is 4.34 Å². The molecular weight excluding hydrogens is 278 g/mol. The zero-order valence-corrected chi connectivity index (χ0v) is 10.3.